The van der Waals surface area contributed by atoms with Crippen molar-refractivity contribution < 1.29 is 30.0 Å². The lowest BCUT2D eigenvalue weighted by atomic mass is 10.1. The van der Waals surface area contributed by atoms with E-state index in [0.717, 1.165) is 48.6 Å². The van der Waals surface area contributed by atoms with E-state index >= 15 is 0 Å². The Kier molecular flexibility index (Phi) is 12.8. The molecule has 8 aromatic rings. The fourth-order valence-corrected chi connectivity index (χ4v) is 7.95. The van der Waals surface area contributed by atoms with E-state index in [2.05, 4.69) is 25.3 Å². The smallest absolute Gasteiger partial charge is 0.246 e. The second kappa shape index (κ2) is 22.7. The number of carbonyl (C=O) groups is 2. The standard InChI is InChI=1S/C25H24N6O2.C22H22N6O.C3H3ClO.ClH/c1-2-21(32)30-14-6-7-18(15-30)31-25-22(24(26)27-16-28-25)23(29-31)17-10-12-20(13-11-17)33-19-8-4-3-5-9-19;23-21-19-20(15-8-10-18(11-9-15)29-17-6-2-1-3-7-17)27-28(22(19)26-14-25-21)16-5-4-12-24-13-16;1-2-3(4)5;/h2-5,8-13,16,18H,1,6-7,14-15H2,(H2,26,27,28);1-3,6-11,14,16,24H,4-5,12-13H2,(H2,23,25,26);2H,1H2;1H/t18-;16-;;/m11../s1/i1D2,2D,16D;14D;1D2,2D;. The molecule has 0 spiro atoms. The Morgan fingerprint density at radius 3 is 1.66 bits per heavy atom. The van der Waals surface area contributed by atoms with Gasteiger partial charge in [0, 0.05) is 30.8 Å². The number of piperidine rings is 2. The van der Waals surface area contributed by atoms with Gasteiger partial charge in [-0.2, -0.15) is 10.2 Å². The Morgan fingerprint density at radius 1 is 0.721 bits per heavy atom. The highest BCUT2D eigenvalue weighted by Crippen LogP contribution is 2.33. The Morgan fingerprint density at radius 2 is 1.21 bits per heavy atom. The summed E-state index contributed by atoms with van der Waals surface area (Å²) in [6, 6.07) is 32.5. The van der Waals surface area contributed by atoms with Gasteiger partial charge in [0.1, 0.15) is 48.4 Å². The monoisotopic (exact) mass is 960 g/mol. The van der Waals surface area contributed by atoms with Crippen molar-refractivity contribution in [1.82, 2.24) is 49.7 Å². The van der Waals surface area contributed by atoms with Crippen molar-refractivity contribution in [1.29, 1.82) is 10.8 Å². The quantitative estimate of drug-likeness (QED) is 0.0653. The van der Waals surface area contributed by atoms with Crippen molar-refractivity contribution in [3.05, 3.63) is 158 Å². The zero-order valence-electron chi connectivity index (χ0n) is 44.3. The first-order chi connectivity index (χ1) is 36.1. The molecule has 2 fully saturated rings. The van der Waals surface area contributed by atoms with Crippen LogP contribution in [0.5, 0.6) is 23.0 Å². The maximum atomic E-state index is 12.6. The molecular weight excluding hydrogens is 904 g/mol. The number of nitrogens with one attached hydrogen (secondary N) is 5. The van der Waals surface area contributed by atoms with Gasteiger partial charge in [-0.25, -0.2) is 19.3 Å². The molecule has 2 aliphatic rings. The Balaban J connectivity index is 0.000000194. The third-order valence-electron chi connectivity index (χ3n) is 11.0. The first-order valence-electron chi connectivity index (χ1n) is 25.3. The highest BCUT2D eigenvalue weighted by molar-refractivity contribution is 6.66. The minimum atomic E-state index is -1.06. The normalized spacial score (nSPS) is 16.9. The number of likely N-dealkylation sites (tertiary alicyclic amines) is 1. The zero-order chi connectivity index (χ0) is 53.3. The molecule has 0 bridgehead atoms. The van der Waals surface area contributed by atoms with E-state index in [4.69, 9.17) is 53.1 Å². The van der Waals surface area contributed by atoms with Crippen molar-refractivity contribution in [2.24, 2.45) is 0 Å². The number of H-pyrrole nitrogens is 2. The van der Waals surface area contributed by atoms with Crippen LogP contribution < -0.4 is 25.8 Å². The third kappa shape index (κ3) is 11.3. The largest absolute Gasteiger partial charge is 0.457 e. The van der Waals surface area contributed by atoms with Crippen LogP contribution in [-0.4, -0.2) is 81.7 Å². The van der Waals surface area contributed by atoms with Crippen molar-refractivity contribution in [2.45, 2.75) is 37.8 Å². The number of para-hydroxylation sites is 2. The summed E-state index contributed by atoms with van der Waals surface area (Å²) in [4.78, 5) is 37.8. The maximum absolute atomic E-state index is 12.6. The van der Waals surface area contributed by atoms with Crippen molar-refractivity contribution in [3.63, 3.8) is 0 Å². The van der Waals surface area contributed by atoms with E-state index in [-0.39, 0.29) is 54.6 Å². The van der Waals surface area contributed by atoms with Crippen LogP contribution in [0.3, 0.4) is 0 Å². The summed E-state index contributed by atoms with van der Waals surface area (Å²) < 4.78 is 72.9. The number of aromatic amines is 2. The molecule has 0 radical (unpaired) electrons. The topological polar surface area (TPSA) is 209 Å². The van der Waals surface area contributed by atoms with Gasteiger partial charge in [0.25, 0.3) is 0 Å². The summed E-state index contributed by atoms with van der Waals surface area (Å²) in [5, 5.41) is 29.9. The van der Waals surface area contributed by atoms with Gasteiger partial charge in [-0.1, -0.05) is 49.5 Å². The number of ether oxygens (including phenoxy) is 2. The van der Waals surface area contributed by atoms with Crippen molar-refractivity contribution >= 4 is 57.2 Å². The molecular formula is C50H50Cl2N12O4. The van der Waals surface area contributed by atoms with Crippen LogP contribution in [0.1, 0.15) is 48.7 Å². The van der Waals surface area contributed by atoms with E-state index in [1.54, 1.807) is 4.68 Å². The Hall–Kier alpha value is -7.66. The predicted octanol–water partition coefficient (Wildman–Crippen LogP) is 9.03. The van der Waals surface area contributed by atoms with Gasteiger partial charge in [0.05, 0.1) is 43.7 Å². The lowest BCUT2D eigenvalue weighted by molar-refractivity contribution is -0.127. The van der Waals surface area contributed by atoms with Gasteiger partial charge in [-0.05, 0) is 129 Å². The van der Waals surface area contributed by atoms with Crippen LogP contribution in [0.4, 0.5) is 0 Å². The number of nitrogens with zero attached hydrogens (tertiary/aromatic N) is 7. The molecule has 348 valence electrons. The van der Waals surface area contributed by atoms with Crippen LogP contribution in [0.25, 0.3) is 44.6 Å². The van der Waals surface area contributed by atoms with Gasteiger partial charge in [0.2, 0.25) is 11.1 Å². The molecule has 0 saturated carbocycles. The highest BCUT2D eigenvalue weighted by Gasteiger charge is 2.28. The van der Waals surface area contributed by atoms with Crippen molar-refractivity contribution in [3.8, 4) is 45.5 Å². The number of rotatable bonds is 10. The number of carbonyl (C=O) groups excluding carboxylic acids is 2. The van der Waals surface area contributed by atoms with Crippen LogP contribution >= 0.6 is 24.0 Å². The molecule has 18 heteroatoms. The minimum absolute atomic E-state index is 0. The van der Waals surface area contributed by atoms with E-state index in [1.807, 2.05) is 114 Å². The second-order valence-corrected chi connectivity index (χ2v) is 15.7. The molecule has 6 heterocycles. The van der Waals surface area contributed by atoms with E-state index < -0.39 is 36.3 Å². The number of aromatic nitrogens is 8. The van der Waals surface area contributed by atoms with Gasteiger partial charge in [0.15, 0.2) is 11.0 Å². The molecule has 2 saturated heterocycles. The summed E-state index contributed by atoms with van der Waals surface area (Å²) >= 11 is 4.70. The lowest BCUT2D eigenvalue weighted by Gasteiger charge is -2.32. The van der Waals surface area contributed by atoms with E-state index in [1.165, 1.54) is 4.90 Å². The molecule has 2 atom stereocenters. The fourth-order valence-electron chi connectivity index (χ4n) is 7.95. The second-order valence-electron chi connectivity index (χ2n) is 15.4. The molecule has 4 aromatic heterocycles. The summed E-state index contributed by atoms with van der Waals surface area (Å²) in [5.74, 6) is 2.20. The highest BCUT2D eigenvalue weighted by atomic mass is 35.5. The number of halogens is 2. The first-order valence-corrected chi connectivity index (χ1v) is 21.7. The molecule has 16 nitrogen and oxygen atoms in total. The molecule has 0 aliphatic carbocycles. The molecule has 0 unspecified atom stereocenters. The number of fused-ring (bicyclic) bond motifs is 2. The predicted molar refractivity (Wildman–Crippen MR) is 264 cm³/mol. The van der Waals surface area contributed by atoms with E-state index in [0.29, 0.717) is 64.3 Å². The Labute approximate surface area is 414 Å². The van der Waals surface area contributed by atoms with Gasteiger partial charge in [-0.3, -0.25) is 20.4 Å². The Bertz CT molecular complexity index is 3530. The summed E-state index contributed by atoms with van der Waals surface area (Å²) in [6.07, 6.45) is 3.19. The number of benzene rings is 4. The zero-order valence-corrected chi connectivity index (χ0v) is 37.8. The maximum Gasteiger partial charge on any atom is 0.246 e. The molecule has 5 N–H and O–H groups in total. The van der Waals surface area contributed by atoms with Gasteiger partial charge in [-0.15, -0.1) is 12.4 Å². The molecule has 2 aliphatic heterocycles. The summed E-state index contributed by atoms with van der Waals surface area (Å²) in [7, 11) is 0. The third-order valence-corrected chi connectivity index (χ3v) is 11.1. The number of allylic oxidation sites excluding steroid dienone is 1. The number of amides is 1. The number of hydrogen-bond acceptors (Lipinski definition) is 11. The number of hydrogen-bond donors (Lipinski definition) is 5. The molecule has 10 rings (SSSR count). The minimum Gasteiger partial charge on any atom is -0.457 e. The molecule has 68 heavy (non-hydrogen) atoms. The summed E-state index contributed by atoms with van der Waals surface area (Å²) in [6.45, 7) is 0.783. The average molecular weight is 962 g/mol. The van der Waals surface area contributed by atoms with Crippen molar-refractivity contribution in [2.75, 3.05) is 26.2 Å². The lowest BCUT2D eigenvalue weighted by Crippen LogP contribution is -2.40. The first kappa shape index (κ1) is 38.4. The van der Waals surface area contributed by atoms with Crippen LogP contribution in [0, 0.1) is 10.8 Å². The summed E-state index contributed by atoms with van der Waals surface area (Å²) in [5.41, 5.74) is 3.92. The van der Waals surface area contributed by atoms with Gasteiger partial charge >= 0.3 is 0 Å². The fraction of sp³-hybridized carbons (Fsp3) is 0.200. The SMILES string of the molecule is Cl.[2H]C([2H])=C([2H])C(=O)Cl.[2H]C([2H])=C([2H])C(=O)N1CCC[C@@H](n2nc(-c3ccc(Oc4ccccc4)cc3)c3c(=N)nc([2H])[nH]c32)C1.[2H]c1nc(=N)c2c(-c3ccc(Oc4ccccc4)cc3)nn([C@@H]3CCCNC3)c2[nH]1. The molecule has 4 aromatic carbocycles. The van der Waals surface area contributed by atoms with E-state index in [9.17, 15) is 9.59 Å². The average Bonchev–Trinajstić information content (AvgIpc) is 4.00. The van der Waals surface area contributed by atoms with Gasteiger partial charge < -0.3 is 29.7 Å². The molecule has 1 amide bonds. The van der Waals surface area contributed by atoms with Crippen LogP contribution in [-0.2, 0) is 9.59 Å². The van der Waals surface area contributed by atoms with Crippen LogP contribution in [0.15, 0.2) is 147 Å². The van der Waals surface area contributed by atoms with Crippen LogP contribution in [0.2, 0.25) is 0 Å².